The van der Waals surface area contributed by atoms with Crippen LogP contribution in [0.1, 0.15) is 11.1 Å². The van der Waals surface area contributed by atoms with Crippen molar-refractivity contribution in [3.8, 4) is 17.2 Å². The van der Waals surface area contributed by atoms with Crippen LogP contribution in [0.25, 0.3) is 0 Å². The molecule has 1 aliphatic heterocycles. The maximum absolute atomic E-state index is 12.3. The summed E-state index contributed by atoms with van der Waals surface area (Å²) in [7, 11) is 1.65. The lowest BCUT2D eigenvalue weighted by Crippen LogP contribution is -2.37. The maximum atomic E-state index is 12.3. The lowest BCUT2D eigenvalue weighted by Gasteiger charge is -2.13. The minimum absolute atomic E-state index is 0. The lowest BCUT2D eigenvalue weighted by molar-refractivity contribution is -0.153. The van der Waals surface area contributed by atoms with E-state index < -0.39 is 12.8 Å². The van der Waals surface area contributed by atoms with Crippen molar-refractivity contribution in [1.82, 2.24) is 10.6 Å². The molecule has 0 spiro atoms. The third-order valence-electron chi connectivity index (χ3n) is 4.13. The van der Waals surface area contributed by atoms with Gasteiger partial charge in [0.05, 0.1) is 0 Å². The van der Waals surface area contributed by atoms with Crippen molar-refractivity contribution in [3.05, 3.63) is 53.6 Å². The van der Waals surface area contributed by atoms with Gasteiger partial charge in [-0.05, 0) is 41.8 Å². The molecule has 0 amide bonds. The number of guanidine groups is 1. The molecular weight excluding hydrogens is 514 g/mol. The molecule has 2 aromatic carbocycles. The first kappa shape index (κ1) is 23.9. The van der Waals surface area contributed by atoms with Gasteiger partial charge in [0.15, 0.2) is 24.1 Å². The third kappa shape index (κ3) is 7.47. The molecule has 0 fully saturated rings. The first-order valence-electron chi connectivity index (χ1n) is 9.04. The smallest absolute Gasteiger partial charge is 0.422 e. The van der Waals surface area contributed by atoms with Crippen LogP contribution in [0.5, 0.6) is 17.2 Å². The second-order valence-electron chi connectivity index (χ2n) is 6.34. The summed E-state index contributed by atoms with van der Waals surface area (Å²) in [6, 6.07) is 12.3. The highest BCUT2D eigenvalue weighted by atomic mass is 127. The Hall–Kier alpha value is -2.37. The second-order valence-corrected chi connectivity index (χ2v) is 6.34. The van der Waals surface area contributed by atoms with Gasteiger partial charge in [-0.3, -0.25) is 4.99 Å². The SMILES string of the molecule is CN=C(NCCc1ccc2c(c1)OCO2)NCc1cccc(OCC(F)(F)F)c1.I. The number of aliphatic imine (C=N–C) groups is 1. The van der Waals surface area contributed by atoms with E-state index in [0.29, 0.717) is 19.0 Å². The van der Waals surface area contributed by atoms with Gasteiger partial charge in [0.2, 0.25) is 6.79 Å². The number of hydrogen-bond acceptors (Lipinski definition) is 4. The van der Waals surface area contributed by atoms with Crippen LogP contribution in [-0.2, 0) is 13.0 Å². The predicted molar refractivity (Wildman–Crippen MR) is 118 cm³/mol. The van der Waals surface area contributed by atoms with E-state index in [2.05, 4.69) is 15.6 Å². The Morgan fingerprint density at radius 1 is 1.07 bits per heavy atom. The summed E-state index contributed by atoms with van der Waals surface area (Å²) in [5, 5.41) is 6.33. The van der Waals surface area contributed by atoms with E-state index in [-0.39, 0.29) is 36.5 Å². The topological polar surface area (TPSA) is 64.1 Å². The van der Waals surface area contributed by atoms with E-state index in [4.69, 9.17) is 14.2 Å². The van der Waals surface area contributed by atoms with Gasteiger partial charge in [-0.2, -0.15) is 13.2 Å². The summed E-state index contributed by atoms with van der Waals surface area (Å²) in [6.45, 7) is -0.0238. The van der Waals surface area contributed by atoms with E-state index in [9.17, 15) is 13.2 Å². The number of hydrogen-bond donors (Lipinski definition) is 2. The molecular formula is C20H23F3IN3O3. The Labute approximate surface area is 189 Å². The molecule has 6 nitrogen and oxygen atoms in total. The van der Waals surface area contributed by atoms with Gasteiger partial charge in [-0.1, -0.05) is 18.2 Å². The number of rotatable bonds is 7. The number of alkyl halides is 3. The molecule has 0 radical (unpaired) electrons. The fourth-order valence-corrected chi connectivity index (χ4v) is 2.74. The Bertz CT molecular complexity index is 863. The molecule has 0 unspecified atom stereocenters. The van der Waals surface area contributed by atoms with Crippen LogP contribution in [0.2, 0.25) is 0 Å². The van der Waals surface area contributed by atoms with E-state index in [1.165, 1.54) is 6.07 Å². The van der Waals surface area contributed by atoms with Crippen LogP contribution in [0, 0.1) is 0 Å². The molecule has 10 heteroatoms. The van der Waals surface area contributed by atoms with Crippen LogP contribution in [0.15, 0.2) is 47.5 Å². The molecule has 2 N–H and O–H groups in total. The highest BCUT2D eigenvalue weighted by Gasteiger charge is 2.28. The zero-order valence-electron chi connectivity index (χ0n) is 16.3. The van der Waals surface area contributed by atoms with Gasteiger partial charge in [0.25, 0.3) is 0 Å². The van der Waals surface area contributed by atoms with E-state index in [1.807, 2.05) is 18.2 Å². The fourth-order valence-electron chi connectivity index (χ4n) is 2.74. The fraction of sp³-hybridized carbons (Fsp3) is 0.350. The Kier molecular flexibility index (Phi) is 8.88. The number of ether oxygens (including phenoxy) is 3. The van der Waals surface area contributed by atoms with E-state index in [0.717, 1.165) is 29.0 Å². The van der Waals surface area contributed by atoms with Crippen molar-refractivity contribution < 1.29 is 27.4 Å². The summed E-state index contributed by atoms with van der Waals surface area (Å²) in [5.74, 6) is 2.26. The van der Waals surface area contributed by atoms with Crippen molar-refractivity contribution in [2.45, 2.75) is 19.1 Å². The summed E-state index contributed by atoms with van der Waals surface area (Å²) in [6.07, 6.45) is -3.60. The standard InChI is InChI=1S/C20H22F3N3O3.HI/c1-24-19(25-8-7-14-5-6-17-18(10-14)29-13-28-17)26-11-15-3-2-4-16(9-15)27-12-20(21,22)23;/h2-6,9-10H,7-8,11-13H2,1H3,(H2,24,25,26);1H. The monoisotopic (exact) mass is 537 g/mol. The highest BCUT2D eigenvalue weighted by Crippen LogP contribution is 2.32. The van der Waals surface area contributed by atoms with Crippen LogP contribution in [0.4, 0.5) is 13.2 Å². The Morgan fingerprint density at radius 2 is 1.87 bits per heavy atom. The van der Waals surface area contributed by atoms with Gasteiger partial charge in [-0.25, -0.2) is 0 Å². The first-order chi connectivity index (χ1) is 13.9. The molecule has 2 aromatic rings. The van der Waals surface area contributed by atoms with Crippen LogP contribution in [0.3, 0.4) is 0 Å². The molecule has 0 bridgehead atoms. The van der Waals surface area contributed by atoms with Crippen LogP contribution in [-0.4, -0.2) is 39.1 Å². The molecule has 0 aromatic heterocycles. The van der Waals surface area contributed by atoms with Crippen LogP contribution < -0.4 is 24.8 Å². The number of halogens is 4. The lowest BCUT2D eigenvalue weighted by atomic mass is 10.1. The summed E-state index contributed by atoms with van der Waals surface area (Å²) in [5.41, 5.74) is 1.88. The van der Waals surface area contributed by atoms with E-state index in [1.54, 1.807) is 25.2 Å². The average molecular weight is 537 g/mol. The normalized spacial score (nSPS) is 12.9. The quantitative estimate of drug-likeness (QED) is 0.319. The van der Waals surface area contributed by atoms with Crippen molar-refractivity contribution in [1.29, 1.82) is 0 Å². The van der Waals surface area contributed by atoms with Gasteiger partial charge in [-0.15, -0.1) is 24.0 Å². The molecule has 1 aliphatic rings. The van der Waals surface area contributed by atoms with Gasteiger partial charge in [0.1, 0.15) is 5.75 Å². The van der Waals surface area contributed by atoms with E-state index >= 15 is 0 Å². The maximum Gasteiger partial charge on any atom is 0.422 e. The van der Waals surface area contributed by atoms with Crippen molar-refractivity contribution in [2.24, 2.45) is 4.99 Å². The van der Waals surface area contributed by atoms with Crippen molar-refractivity contribution in [3.63, 3.8) is 0 Å². The zero-order valence-corrected chi connectivity index (χ0v) is 18.6. The molecule has 3 rings (SSSR count). The zero-order chi connectivity index (χ0) is 20.7. The molecule has 164 valence electrons. The van der Waals surface area contributed by atoms with Gasteiger partial charge in [0, 0.05) is 20.1 Å². The molecule has 0 atom stereocenters. The number of nitrogens with one attached hydrogen (secondary N) is 2. The minimum atomic E-state index is -4.36. The molecule has 0 aliphatic carbocycles. The third-order valence-corrected chi connectivity index (χ3v) is 4.13. The Morgan fingerprint density at radius 3 is 2.63 bits per heavy atom. The number of benzene rings is 2. The molecule has 30 heavy (non-hydrogen) atoms. The van der Waals surface area contributed by atoms with Crippen molar-refractivity contribution in [2.75, 3.05) is 27.0 Å². The molecule has 0 saturated heterocycles. The molecule has 0 saturated carbocycles. The Balaban J connectivity index is 0.00000320. The first-order valence-corrected chi connectivity index (χ1v) is 9.04. The second kappa shape index (κ2) is 11.1. The van der Waals surface area contributed by atoms with Crippen LogP contribution >= 0.6 is 24.0 Å². The predicted octanol–water partition coefficient (Wildman–Crippen LogP) is 3.88. The molecule has 1 heterocycles. The summed E-state index contributed by atoms with van der Waals surface area (Å²) >= 11 is 0. The number of nitrogens with zero attached hydrogens (tertiary/aromatic N) is 1. The summed E-state index contributed by atoms with van der Waals surface area (Å²) < 4.78 is 52.3. The highest BCUT2D eigenvalue weighted by molar-refractivity contribution is 14.0. The minimum Gasteiger partial charge on any atom is -0.484 e. The van der Waals surface area contributed by atoms with Crippen molar-refractivity contribution >= 4 is 29.9 Å². The summed E-state index contributed by atoms with van der Waals surface area (Å²) in [4.78, 5) is 4.15. The van der Waals surface area contributed by atoms with Gasteiger partial charge >= 0.3 is 6.18 Å². The largest absolute Gasteiger partial charge is 0.484 e. The van der Waals surface area contributed by atoms with Gasteiger partial charge < -0.3 is 24.8 Å². The average Bonchev–Trinajstić information content (AvgIpc) is 3.16. The number of fused-ring (bicyclic) bond motifs is 1.